The first kappa shape index (κ1) is 14.8. The number of hydrogen-bond donors (Lipinski definition) is 2. The average molecular weight is 320 g/mol. The summed E-state index contributed by atoms with van der Waals surface area (Å²) >= 11 is 1.37. The zero-order chi connectivity index (χ0) is 16.2. The molecule has 112 valence electrons. The van der Waals surface area contributed by atoms with E-state index in [1.54, 1.807) is 54.6 Å². The predicted octanol–water partition coefficient (Wildman–Crippen LogP) is 4.24. The van der Waals surface area contributed by atoms with Crippen LogP contribution >= 0.6 is 11.3 Å². The van der Waals surface area contributed by atoms with Crippen LogP contribution in [0.2, 0.25) is 0 Å². The Balaban J connectivity index is 1.78. The van der Waals surface area contributed by atoms with Gasteiger partial charge in [-0.05, 0) is 60.2 Å². The molecule has 1 aromatic heterocycles. The molecular formula is C18H12N2O2S. The molecule has 23 heavy (non-hydrogen) atoms. The highest BCUT2D eigenvalue weighted by atomic mass is 32.1. The molecule has 5 heteroatoms. The Kier molecular flexibility index (Phi) is 4.09. The van der Waals surface area contributed by atoms with Gasteiger partial charge in [0.05, 0.1) is 16.5 Å². The Morgan fingerprint density at radius 1 is 1.09 bits per heavy atom. The Morgan fingerprint density at radius 2 is 1.87 bits per heavy atom. The maximum Gasteiger partial charge on any atom is 0.265 e. The monoisotopic (exact) mass is 320 g/mol. The fourth-order valence-corrected chi connectivity index (χ4v) is 3.01. The van der Waals surface area contributed by atoms with E-state index in [0.29, 0.717) is 16.1 Å². The molecule has 2 aromatic carbocycles. The van der Waals surface area contributed by atoms with Gasteiger partial charge in [-0.15, -0.1) is 11.3 Å². The van der Waals surface area contributed by atoms with Crippen LogP contribution in [0.3, 0.4) is 0 Å². The highest BCUT2D eigenvalue weighted by Gasteiger charge is 2.11. The molecule has 1 heterocycles. The van der Waals surface area contributed by atoms with Gasteiger partial charge < -0.3 is 10.4 Å². The second kappa shape index (κ2) is 6.34. The van der Waals surface area contributed by atoms with Crippen molar-refractivity contribution < 1.29 is 9.90 Å². The van der Waals surface area contributed by atoms with E-state index >= 15 is 0 Å². The van der Waals surface area contributed by atoms with Gasteiger partial charge in [0.2, 0.25) is 0 Å². The van der Waals surface area contributed by atoms with Crippen LogP contribution in [0.15, 0.2) is 60.7 Å². The molecular weight excluding hydrogens is 308 g/mol. The summed E-state index contributed by atoms with van der Waals surface area (Å²) in [5.74, 6) is -0.00392. The Morgan fingerprint density at radius 3 is 2.61 bits per heavy atom. The first-order valence-corrected chi connectivity index (χ1v) is 7.68. The largest absolute Gasteiger partial charge is 0.508 e. The quantitative estimate of drug-likeness (QED) is 0.758. The molecule has 0 fully saturated rings. The van der Waals surface area contributed by atoms with E-state index in [9.17, 15) is 9.90 Å². The number of nitrogens with one attached hydrogen (secondary N) is 1. The molecule has 0 bridgehead atoms. The Hall–Kier alpha value is -3.10. The summed E-state index contributed by atoms with van der Waals surface area (Å²) in [7, 11) is 0. The number of nitriles is 1. The van der Waals surface area contributed by atoms with E-state index in [0.717, 1.165) is 10.4 Å². The van der Waals surface area contributed by atoms with Crippen LogP contribution in [0, 0.1) is 11.3 Å². The number of amides is 1. The van der Waals surface area contributed by atoms with Crippen molar-refractivity contribution >= 4 is 22.9 Å². The number of hydrogen-bond acceptors (Lipinski definition) is 4. The number of nitrogens with zero attached hydrogens (tertiary/aromatic N) is 1. The fourth-order valence-electron chi connectivity index (χ4n) is 2.10. The fraction of sp³-hybridized carbons (Fsp3) is 0. The summed E-state index contributed by atoms with van der Waals surface area (Å²) in [5, 5.41) is 21.0. The van der Waals surface area contributed by atoms with Crippen LogP contribution in [0.25, 0.3) is 10.4 Å². The molecule has 0 aliphatic rings. The minimum atomic E-state index is -0.213. The summed E-state index contributed by atoms with van der Waals surface area (Å²) in [5.41, 5.74) is 2.03. The smallest absolute Gasteiger partial charge is 0.265 e. The van der Waals surface area contributed by atoms with Crippen molar-refractivity contribution in [2.45, 2.75) is 0 Å². The maximum atomic E-state index is 12.3. The van der Waals surface area contributed by atoms with Crippen molar-refractivity contribution in [1.29, 1.82) is 5.26 Å². The highest BCUT2D eigenvalue weighted by Crippen LogP contribution is 2.29. The van der Waals surface area contributed by atoms with Crippen molar-refractivity contribution in [2.75, 3.05) is 5.32 Å². The number of phenolic OH excluding ortho intramolecular Hbond substituents is 1. The first-order valence-electron chi connectivity index (χ1n) is 6.86. The van der Waals surface area contributed by atoms with Crippen molar-refractivity contribution in [2.24, 2.45) is 0 Å². The van der Waals surface area contributed by atoms with Crippen LogP contribution in [0.1, 0.15) is 15.2 Å². The number of phenols is 1. The third-order valence-electron chi connectivity index (χ3n) is 3.23. The van der Waals surface area contributed by atoms with Crippen molar-refractivity contribution in [1.82, 2.24) is 0 Å². The minimum Gasteiger partial charge on any atom is -0.508 e. The molecule has 3 rings (SSSR count). The maximum absolute atomic E-state index is 12.3. The van der Waals surface area contributed by atoms with Crippen molar-refractivity contribution in [3.05, 3.63) is 71.1 Å². The molecule has 0 aliphatic heterocycles. The Bertz CT molecular complexity index is 892. The molecule has 0 aliphatic carbocycles. The van der Waals surface area contributed by atoms with Crippen LogP contribution in [0.5, 0.6) is 5.75 Å². The van der Waals surface area contributed by atoms with E-state index in [2.05, 4.69) is 5.32 Å². The molecule has 0 spiro atoms. The second-order valence-electron chi connectivity index (χ2n) is 4.86. The summed E-state index contributed by atoms with van der Waals surface area (Å²) in [4.78, 5) is 13.8. The minimum absolute atomic E-state index is 0.209. The van der Waals surface area contributed by atoms with Gasteiger partial charge in [0, 0.05) is 10.6 Å². The lowest BCUT2D eigenvalue weighted by molar-refractivity contribution is 0.103. The first-order chi connectivity index (χ1) is 11.2. The van der Waals surface area contributed by atoms with Gasteiger partial charge in [-0.2, -0.15) is 5.26 Å². The van der Waals surface area contributed by atoms with E-state index < -0.39 is 0 Å². The van der Waals surface area contributed by atoms with Gasteiger partial charge in [0.1, 0.15) is 5.75 Å². The van der Waals surface area contributed by atoms with Crippen LogP contribution in [-0.2, 0) is 0 Å². The average Bonchev–Trinajstić information content (AvgIpc) is 3.06. The molecule has 0 atom stereocenters. The van der Waals surface area contributed by atoms with E-state index in [1.807, 2.05) is 12.1 Å². The molecule has 0 unspecified atom stereocenters. The van der Waals surface area contributed by atoms with Gasteiger partial charge in [-0.1, -0.05) is 6.07 Å². The van der Waals surface area contributed by atoms with E-state index in [-0.39, 0.29) is 11.7 Å². The third kappa shape index (κ3) is 3.39. The third-order valence-corrected chi connectivity index (χ3v) is 4.36. The van der Waals surface area contributed by atoms with Crippen LogP contribution in [-0.4, -0.2) is 11.0 Å². The normalized spacial score (nSPS) is 10.0. The van der Waals surface area contributed by atoms with Crippen LogP contribution < -0.4 is 5.32 Å². The van der Waals surface area contributed by atoms with Gasteiger partial charge in [0.25, 0.3) is 5.91 Å². The van der Waals surface area contributed by atoms with Crippen LogP contribution in [0.4, 0.5) is 5.69 Å². The molecule has 1 amide bonds. The number of carbonyl (C=O) groups is 1. The summed E-state index contributed by atoms with van der Waals surface area (Å²) in [6.45, 7) is 0. The number of carbonyl (C=O) groups excluding carboxylic acids is 1. The predicted molar refractivity (Wildman–Crippen MR) is 90.5 cm³/mol. The topological polar surface area (TPSA) is 73.1 Å². The summed E-state index contributed by atoms with van der Waals surface area (Å²) in [6.07, 6.45) is 0. The molecule has 2 N–H and O–H groups in total. The van der Waals surface area contributed by atoms with Gasteiger partial charge in [-0.25, -0.2) is 0 Å². The number of thiophene rings is 1. The standard InChI is InChI=1S/C18H12N2O2S/c19-11-12-2-1-3-14(10-12)20-18(22)17-9-8-16(23-17)13-4-6-15(21)7-5-13/h1-10,21H,(H,20,22). The van der Waals surface area contributed by atoms with Crippen molar-refractivity contribution in [3.8, 4) is 22.3 Å². The lowest BCUT2D eigenvalue weighted by Crippen LogP contribution is -2.09. The number of aromatic hydroxyl groups is 1. The number of rotatable bonds is 3. The molecule has 3 aromatic rings. The lowest BCUT2D eigenvalue weighted by Gasteiger charge is -2.03. The SMILES string of the molecule is N#Cc1cccc(NC(=O)c2ccc(-c3ccc(O)cc3)s2)c1. The zero-order valence-electron chi connectivity index (χ0n) is 12.0. The summed E-state index contributed by atoms with van der Waals surface area (Å²) < 4.78 is 0. The molecule has 0 saturated carbocycles. The zero-order valence-corrected chi connectivity index (χ0v) is 12.8. The van der Waals surface area contributed by atoms with E-state index in [4.69, 9.17) is 5.26 Å². The summed E-state index contributed by atoms with van der Waals surface area (Å²) in [6, 6.07) is 19.3. The van der Waals surface area contributed by atoms with E-state index in [1.165, 1.54) is 11.3 Å². The molecule has 4 nitrogen and oxygen atoms in total. The van der Waals surface area contributed by atoms with Gasteiger partial charge in [0.15, 0.2) is 0 Å². The lowest BCUT2D eigenvalue weighted by atomic mass is 10.2. The van der Waals surface area contributed by atoms with Crippen molar-refractivity contribution in [3.63, 3.8) is 0 Å². The second-order valence-corrected chi connectivity index (χ2v) is 5.94. The van der Waals surface area contributed by atoms with Gasteiger partial charge in [-0.3, -0.25) is 4.79 Å². The molecule has 0 radical (unpaired) electrons. The molecule has 0 saturated heterocycles. The van der Waals surface area contributed by atoms with Gasteiger partial charge >= 0.3 is 0 Å². The number of benzene rings is 2. The Labute approximate surface area is 137 Å². The highest BCUT2D eigenvalue weighted by molar-refractivity contribution is 7.17. The number of anilines is 1.